The van der Waals surface area contributed by atoms with Gasteiger partial charge in [-0.1, -0.05) is 12.1 Å². The Hall–Kier alpha value is -3.02. The quantitative estimate of drug-likeness (QED) is 0.905. The number of amides is 1. The largest absolute Gasteiger partial charge is 0.508 e. The Morgan fingerprint density at radius 3 is 2.82 bits per heavy atom. The molecule has 22 heavy (non-hydrogen) atoms. The maximum atomic E-state index is 12.1. The number of carboxylic acids is 1. The van der Waals surface area contributed by atoms with E-state index in [1.54, 1.807) is 18.2 Å². The number of aromatic hydroxyl groups is 1. The fourth-order valence-electron chi connectivity index (χ4n) is 2.35. The number of hydrogen-bond donors (Lipinski definition) is 2. The van der Waals surface area contributed by atoms with Crippen LogP contribution >= 0.6 is 0 Å². The van der Waals surface area contributed by atoms with E-state index in [1.807, 2.05) is 0 Å². The van der Waals surface area contributed by atoms with E-state index in [-0.39, 0.29) is 30.4 Å². The van der Waals surface area contributed by atoms with Gasteiger partial charge in [-0.25, -0.2) is 4.79 Å². The van der Waals surface area contributed by atoms with Crippen molar-refractivity contribution in [3.63, 3.8) is 0 Å². The minimum absolute atomic E-state index is 0.0564. The van der Waals surface area contributed by atoms with Crippen molar-refractivity contribution in [2.75, 3.05) is 11.5 Å². The highest BCUT2D eigenvalue weighted by Gasteiger charge is 2.26. The van der Waals surface area contributed by atoms with E-state index >= 15 is 0 Å². The second-order valence-electron chi connectivity index (χ2n) is 4.93. The minimum atomic E-state index is -1.01. The monoisotopic (exact) mass is 299 g/mol. The van der Waals surface area contributed by atoms with Crippen molar-refractivity contribution in [1.82, 2.24) is 0 Å². The Morgan fingerprint density at radius 1 is 1.23 bits per heavy atom. The van der Waals surface area contributed by atoms with E-state index in [4.69, 9.17) is 9.84 Å². The van der Waals surface area contributed by atoms with Crippen LogP contribution in [-0.4, -0.2) is 28.7 Å². The number of carboxylic acid groups (broad SMARTS) is 1. The molecule has 6 heteroatoms. The topological polar surface area (TPSA) is 87.1 Å². The number of ether oxygens (including phenoxy) is 1. The number of nitrogens with zero attached hydrogens (tertiary/aromatic N) is 1. The number of carbonyl (C=O) groups is 2. The van der Waals surface area contributed by atoms with E-state index in [0.717, 1.165) is 0 Å². The molecule has 0 aliphatic carbocycles. The Morgan fingerprint density at radius 2 is 2.05 bits per heavy atom. The summed E-state index contributed by atoms with van der Waals surface area (Å²) >= 11 is 0. The van der Waals surface area contributed by atoms with Gasteiger partial charge in [-0.2, -0.15) is 0 Å². The Kier molecular flexibility index (Phi) is 3.42. The number of anilines is 1. The second-order valence-corrected chi connectivity index (χ2v) is 4.93. The van der Waals surface area contributed by atoms with Crippen molar-refractivity contribution >= 4 is 17.6 Å². The van der Waals surface area contributed by atoms with Crippen LogP contribution < -0.4 is 9.64 Å². The molecular weight excluding hydrogens is 286 g/mol. The van der Waals surface area contributed by atoms with E-state index in [1.165, 1.54) is 29.2 Å². The normalized spacial score (nSPS) is 13.5. The van der Waals surface area contributed by atoms with Gasteiger partial charge in [0.1, 0.15) is 11.5 Å². The zero-order valence-electron chi connectivity index (χ0n) is 11.5. The first-order valence-electron chi connectivity index (χ1n) is 6.63. The van der Waals surface area contributed by atoms with Gasteiger partial charge in [-0.15, -0.1) is 0 Å². The Balaban J connectivity index is 1.93. The summed E-state index contributed by atoms with van der Waals surface area (Å²) < 4.78 is 5.30. The Labute approximate surface area is 126 Å². The second kappa shape index (κ2) is 5.40. The molecule has 2 aromatic rings. The van der Waals surface area contributed by atoms with Crippen molar-refractivity contribution in [3.05, 3.63) is 53.6 Å². The summed E-state index contributed by atoms with van der Waals surface area (Å²) in [7, 11) is 0. The predicted octanol–water partition coefficient (Wildman–Crippen LogP) is 2.02. The molecule has 6 nitrogen and oxygen atoms in total. The van der Waals surface area contributed by atoms with Crippen LogP contribution in [0.4, 0.5) is 5.69 Å². The summed E-state index contributed by atoms with van der Waals surface area (Å²) in [5, 5.41) is 18.5. The lowest BCUT2D eigenvalue weighted by Gasteiger charge is -2.29. The summed E-state index contributed by atoms with van der Waals surface area (Å²) in [4.78, 5) is 24.6. The maximum Gasteiger partial charge on any atom is 0.335 e. The third-order valence-electron chi connectivity index (χ3n) is 3.40. The van der Waals surface area contributed by atoms with E-state index in [9.17, 15) is 14.7 Å². The van der Waals surface area contributed by atoms with E-state index in [2.05, 4.69) is 0 Å². The fourth-order valence-corrected chi connectivity index (χ4v) is 2.35. The first-order valence-corrected chi connectivity index (χ1v) is 6.63. The smallest absolute Gasteiger partial charge is 0.335 e. The predicted molar refractivity (Wildman–Crippen MR) is 78.2 cm³/mol. The lowest BCUT2D eigenvalue weighted by atomic mass is 10.1. The third-order valence-corrected chi connectivity index (χ3v) is 3.40. The van der Waals surface area contributed by atoms with Crippen molar-refractivity contribution in [2.24, 2.45) is 0 Å². The van der Waals surface area contributed by atoms with Crippen LogP contribution in [0.25, 0.3) is 0 Å². The molecule has 2 N–H and O–H groups in total. The molecule has 0 atom stereocenters. The molecule has 2 aromatic carbocycles. The molecule has 1 aliphatic rings. The van der Waals surface area contributed by atoms with Gasteiger partial charge in [0, 0.05) is 6.07 Å². The molecule has 1 aliphatic heterocycles. The molecule has 112 valence electrons. The van der Waals surface area contributed by atoms with Gasteiger partial charge in [-0.3, -0.25) is 4.79 Å². The number of carbonyl (C=O) groups excluding carboxylic acids is 1. The average molecular weight is 299 g/mol. The maximum absolute atomic E-state index is 12.1. The zero-order chi connectivity index (χ0) is 15.7. The number of aromatic carboxylic acids is 1. The van der Waals surface area contributed by atoms with Crippen LogP contribution in [0.15, 0.2) is 42.5 Å². The highest BCUT2D eigenvalue weighted by molar-refractivity contribution is 5.98. The van der Waals surface area contributed by atoms with Crippen molar-refractivity contribution < 1.29 is 24.5 Å². The molecule has 0 bridgehead atoms. The van der Waals surface area contributed by atoms with E-state index in [0.29, 0.717) is 17.0 Å². The van der Waals surface area contributed by atoms with Crippen LogP contribution in [-0.2, 0) is 11.3 Å². The third kappa shape index (κ3) is 2.58. The molecule has 0 unspecified atom stereocenters. The summed E-state index contributed by atoms with van der Waals surface area (Å²) in [5.74, 6) is -0.755. The lowest BCUT2D eigenvalue weighted by molar-refractivity contribution is -0.121. The molecule has 0 saturated heterocycles. The fraction of sp³-hybridized carbons (Fsp3) is 0.125. The standard InChI is InChI=1S/C16H13NO5/c18-12-4-5-13-14(7-12)22-9-15(19)17(13)8-10-2-1-3-11(6-10)16(20)21/h1-7,18H,8-9H2,(H,20,21). The van der Waals surface area contributed by atoms with Gasteiger partial charge >= 0.3 is 5.97 Å². The number of benzene rings is 2. The summed E-state index contributed by atoms with van der Waals surface area (Å²) in [6, 6.07) is 11.0. The molecule has 1 amide bonds. The van der Waals surface area contributed by atoms with Gasteiger partial charge < -0.3 is 19.8 Å². The summed E-state index contributed by atoms with van der Waals surface area (Å²) in [6.07, 6.45) is 0. The van der Waals surface area contributed by atoms with Crippen LogP contribution in [0.2, 0.25) is 0 Å². The summed E-state index contributed by atoms with van der Waals surface area (Å²) in [5.41, 5.74) is 1.42. The lowest BCUT2D eigenvalue weighted by Crippen LogP contribution is -2.38. The molecule has 0 radical (unpaired) electrons. The van der Waals surface area contributed by atoms with E-state index < -0.39 is 5.97 Å². The van der Waals surface area contributed by atoms with Crippen molar-refractivity contribution in [2.45, 2.75) is 6.54 Å². The number of phenolic OH excluding ortho intramolecular Hbond substituents is 1. The first kappa shape index (κ1) is 13.9. The van der Waals surface area contributed by atoms with Gasteiger partial charge in [-0.05, 0) is 29.8 Å². The van der Waals surface area contributed by atoms with Crippen LogP contribution in [0, 0.1) is 0 Å². The van der Waals surface area contributed by atoms with Crippen LogP contribution in [0.1, 0.15) is 15.9 Å². The molecule has 0 aromatic heterocycles. The summed E-state index contributed by atoms with van der Waals surface area (Å²) in [6.45, 7) is 0.121. The van der Waals surface area contributed by atoms with Crippen molar-refractivity contribution in [3.8, 4) is 11.5 Å². The highest BCUT2D eigenvalue weighted by Crippen LogP contribution is 2.35. The Bertz CT molecular complexity index is 756. The van der Waals surface area contributed by atoms with Gasteiger partial charge in [0.05, 0.1) is 17.8 Å². The van der Waals surface area contributed by atoms with Crippen LogP contribution in [0.3, 0.4) is 0 Å². The number of phenols is 1. The molecule has 3 rings (SSSR count). The van der Waals surface area contributed by atoms with Crippen LogP contribution in [0.5, 0.6) is 11.5 Å². The van der Waals surface area contributed by atoms with Gasteiger partial charge in [0.2, 0.25) is 0 Å². The van der Waals surface area contributed by atoms with Crippen molar-refractivity contribution in [1.29, 1.82) is 0 Å². The average Bonchev–Trinajstić information content (AvgIpc) is 2.50. The molecule has 0 spiro atoms. The molecular formula is C16H13NO5. The first-order chi connectivity index (χ1) is 10.5. The minimum Gasteiger partial charge on any atom is -0.508 e. The molecule has 1 heterocycles. The number of hydrogen-bond acceptors (Lipinski definition) is 4. The zero-order valence-corrected chi connectivity index (χ0v) is 11.5. The molecule has 0 saturated carbocycles. The van der Waals surface area contributed by atoms with Gasteiger partial charge in [0.15, 0.2) is 6.61 Å². The SMILES string of the molecule is O=C(O)c1cccc(CN2C(=O)COc3cc(O)ccc32)c1. The number of rotatable bonds is 3. The molecule has 0 fully saturated rings. The number of fused-ring (bicyclic) bond motifs is 1. The van der Waals surface area contributed by atoms with Gasteiger partial charge in [0.25, 0.3) is 5.91 Å². The highest BCUT2D eigenvalue weighted by atomic mass is 16.5.